The van der Waals surface area contributed by atoms with Crippen molar-refractivity contribution in [3.05, 3.63) is 94.7 Å². The molecule has 1 N–H and O–H groups in total. The number of aryl methyl sites for hydroxylation is 3. The quantitative estimate of drug-likeness (QED) is 0.536. The zero-order chi connectivity index (χ0) is 22.8. The fraction of sp³-hybridized carbons (Fsp3) is 0.185. The summed E-state index contributed by atoms with van der Waals surface area (Å²) in [5, 5.41) is 3.22. The third kappa shape index (κ3) is 3.78. The molecule has 1 aliphatic rings. The van der Waals surface area contributed by atoms with Gasteiger partial charge in [-0.25, -0.2) is 4.90 Å². The molecule has 0 radical (unpaired) electrons. The summed E-state index contributed by atoms with van der Waals surface area (Å²) in [6, 6.07) is 20.6. The topological polar surface area (TPSA) is 58.6 Å². The van der Waals surface area contributed by atoms with Crippen LogP contribution in [0.1, 0.15) is 29.2 Å². The van der Waals surface area contributed by atoms with E-state index in [0.717, 1.165) is 16.7 Å². The van der Waals surface area contributed by atoms with Gasteiger partial charge in [0.05, 0.1) is 23.6 Å². The Balaban J connectivity index is 1.87. The van der Waals surface area contributed by atoms with Crippen LogP contribution in [0, 0.1) is 20.8 Å². The Morgan fingerprint density at radius 2 is 1.53 bits per heavy atom. The molecular weight excluding hydrogens is 400 g/mol. The molecule has 162 valence electrons. The normalized spacial score (nSPS) is 13.7. The minimum absolute atomic E-state index is 0.244. The number of rotatable bonds is 6. The van der Waals surface area contributed by atoms with Crippen molar-refractivity contribution >= 4 is 28.8 Å². The van der Waals surface area contributed by atoms with Gasteiger partial charge in [0, 0.05) is 0 Å². The Morgan fingerprint density at radius 1 is 0.812 bits per heavy atom. The Hall–Kier alpha value is -3.86. The van der Waals surface area contributed by atoms with E-state index in [9.17, 15) is 9.59 Å². The average Bonchev–Trinajstić information content (AvgIpc) is 3.02. The molecule has 1 heterocycles. The highest BCUT2D eigenvalue weighted by Gasteiger charge is 2.41. The van der Waals surface area contributed by atoms with Crippen LogP contribution in [0.15, 0.2) is 72.4 Å². The average molecular weight is 427 g/mol. The van der Waals surface area contributed by atoms with Crippen molar-refractivity contribution in [2.75, 3.05) is 16.8 Å². The van der Waals surface area contributed by atoms with E-state index in [4.69, 9.17) is 4.74 Å². The fourth-order valence-corrected chi connectivity index (χ4v) is 3.83. The minimum atomic E-state index is -0.385. The minimum Gasteiger partial charge on any atom is -0.492 e. The number of nitrogens with one attached hydrogen (secondary N) is 1. The monoisotopic (exact) mass is 426 g/mol. The predicted molar refractivity (Wildman–Crippen MR) is 128 cm³/mol. The SMILES string of the molecule is CCOc1ccccc1NC1=C(c2ccc(C)c(C)c2)C(=O)N(c2ccccc2C)C1=O. The van der Waals surface area contributed by atoms with Crippen molar-refractivity contribution < 1.29 is 14.3 Å². The van der Waals surface area contributed by atoms with E-state index in [-0.39, 0.29) is 17.5 Å². The molecule has 0 aliphatic carbocycles. The van der Waals surface area contributed by atoms with Crippen molar-refractivity contribution in [1.82, 2.24) is 0 Å². The lowest BCUT2D eigenvalue weighted by Gasteiger charge is -2.18. The van der Waals surface area contributed by atoms with E-state index in [1.54, 1.807) is 6.07 Å². The van der Waals surface area contributed by atoms with Gasteiger partial charge >= 0.3 is 0 Å². The lowest BCUT2D eigenvalue weighted by atomic mass is 9.99. The number of nitrogens with zero attached hydrogens (tertiary/aromatic N) is 1. The molecule has 2 amide bonds. The molecule has 1 aliphatic heterocycles. The summed E-state index contributed by atoms with van der Waals surface area (Å²) in [7, 11) is 0. The molecule has 32 heavy (non-hydrogen) atoms. The van der Waals surface area contributed by atoms with Crippen molar-refractivity contribution in [2.24, 2.45) is 0 Å². The highest BCUT2D eigenvalue weighted by atomic mass is 16.5. The Labute approximate surface area is 188 Å². The van der Waals surface area contributed by atoms with Crippen LogP contribution in [-0.4, -0.2) is 18.4 Å². The fourth-order valence-electron chi connectivity index (χ4n) is 3.83. The van der Waals surface area contributed by atoms with Crippen LogP contribution in [-0.2, 0) is 9.59 Å². The van der Waals surface area contributed by atoms with Gasteiger partial charge in [-0.05, 0) is 68.1 Å². The largest absolute Gasteiger partial charge is 0.492 e. The first kappa shape index (κ1) is 21.4. The van der Waals surface area contributed by atoms with Gasteiger partial charge < -0.3 is 10.1 Å². The molecular formula is C27H26N2O3. The van der Waals surface area contributed by atoms with E-state index >= 15 is 0 Å². The van der Waals surface area contributed by atoms with Crippen molar-refractivity contribution in [1.29, 1.82) is 0 Å². The van der Waals surface area contributed by atoms with Gasteiger partial charge in [-0.2, -0.15) is 0 Å². The molecule has 0 saturated carbocycles. The molecule has 5 nitrogen and oxygen atoms in total. The number of amides is 2. The molecule has 0 atom stereocenters. The lowest BCUT2D eigenvalue weighted by molar-refractivity contribution is -0.120. The van der Waals surface area contributed by atoms with Crippen molar-refractivity contribution in [3.8, 4) is 5.75 Å². The van der Waals surface area contributed by atoms with Crippen LogP contribution < -0.4 is 15.0 Å². The molecule has 0 aromatic heterocycles. The number of para-hydroxylation sites is 3. The smallest absolute Gasteiger partial charge is 0.282 e. The first-order chi connectivity index (χ1) is 15.4. The number of ether oxygens (including phenoxy) is 1. The number of hydrogen-bond acceptors (Lipinski definition) is 4. The molecule has 5 heteroatoms. The van der Waals surface area contributed by atoms with Gasteiger partial charge in [0.15, 0.2) is 0 Å². The molecule has 0 fully saturated rings. The number of anilines is 2. The van der Waals surface area contributed by atoms with Crippen LogP contribution in [0.5, 0.6) is 5.75 Å². The van der Waals surface area contributed by atoms with E-state index in [0.29, 0.717) is 34.9 Å². The second-order valence-corrected chi connectivity index (χ2v) is 7.84. The second-order valence-electron chi connectivity index (χ2n) is 7.84. The number of hydrogen-bond donors (Lipinski definition) is 1. The van der Waals surface area contributed by atoms with E-state index < -0.39 is 0 Å². The van der Waals surface area contributed by atoms with Gasteiger partial charge in [-0.1, -0.05) is 48.5 Å². The van der Waals surface area contributed by atoms with Crippen LogP contribution in [0.25, 0.3) is 5.57 Å². The van der Waals surface area contributed by atoms with Gasteiger partial charge in [0.25, 0.3) is 11.8 Å². The molecule has 3 aromatic rings. The summed E-state index contributed by atoms with van der Waals surface area (Å²) >= 11 is 0. The molecule has 0 spiro atoms. The van der Waals surface area contributed by atoms with Gasteiger partial charge in [0.2, 0.25) is 0 Å². The number of imide groups is 1. The number of carbonyl (C=O) groups is 2. The zero-order valence-electron chi connectivity index (χ0n) is 18.7. The zero-order valence-corrected chi connectivity index (χ0v) is 18.7. The lowest BCUT2D eigenvalue weighted by Crippen LogP contribution is -2.33. The van der Waals surface area contributed by atoms with Crippen LogP contribution in [0.2, 0.25) is 0 Å². The van der Waals surface area contributed by atoms with Crippen molar-refractivity contribution in [3.63, 3.8) is 0 Å². The maximum absolute atomic E-state index is 13.7. The molecule has 3 aromatic carbocycles. The maximum Gasteiger partial charge on any atom is 0.282 e. The summed E-state index contributed by atoms with van der Waals surface area (Å²) in [5.41, 5.74) is 5.55. The van der Waals surface area contributed by atoms with Crippen molar-refractivity contribution in [2.45, 2.75) is 27.7 Å². The summed E-state index contributed by atoms with van der Waals surface area (Å²) in [5.74, 6) is -0.107. The third-order valence-electron chi connectivity index (χ3n) is 5.68. The van der Waals surface area contributed by atoms with Gasteiger partial charge in [0.1, 0.15) is 11.4 Å². The molecule has 0 saturated heterocycles. The van der Waals surface area contributed by atoms with E-state index in [2.05, 4.69) is 5.32 Å². The summed E-state index contributed by atoms with van der Waals surface area (Å²) in [4.78, 5) is 28.5. The predicted octanol–water partition coefficient (Wildman–Crippen LogP) is 5.41. The number of benzene rings is 3. The Bertz CT molecular complexity index is 1240. The molecule has 0 bridgehead atoms. The van der Waals surface area contributed by atoms with E-state index in [1.165, 1.54) is 4.90 Å². The van der Waals surface area contributed by atoms with Crippen LogP contribution in [0.3, 0.4) is 0 Å². The summed E-state index contributed by atoms with van der Waals surface area (Å²) in [6.07, 6.45) is 0. The van der Waals surface area contributed by atoms with Gasteiger partial charge in [-0.3, -0.25) is 9.59 Å². The highest BCUT2D eigenvalue weighted by molar-refractivity contribution is 6.46. The van der Waals surface area contributed by atoms with Crippen LogP contribution >= 0.6 is 0 Å². The maximum atomic E-state index is 13.7. The Kier molecular flexibility index (Phi) is 5.82. The number of carbonyl (C=O) groups excluding carboxylic acids is 2. The second kappa shape index (κ2) is 8.71. The third-order valence-corrected chi connectivity index (χ3v) is 5.68. The summed E-state index contributed by atoms with van der Waals surface area (Å²) in [6.45, 7) is 8.30. The first-order valence-electron chi connectivity index (χ1n) is 10.7. The molecule has 0 unspecified atom stereocenters. The molecule has 4 rings (SSSR count). The Morgan fingerprint density at radius 3 is 2.25 bits per heavy atom. The van der Waals surface area contributed by atoms with E-state index in [1.807, 2.05) is 88.4 Å². The first-order valence-corrected chi connectivity index (χ1v) is 10.7. The van der Waals surface area contributed by atoms with Crippen LogP contribution in [0.4, 0.5) is 11.4 Å². The highest BCUT2D eigenvalue weighted by Crippen LogP contribution is 2.37. The standard InChI is InChI=1S/C27H26N2O3/c1-5-32-23-13-9-7-11-21(23)28-25-24(20-15-14-17(2)19(4)16-20)26(30)29(27(25)31)22-12-8-6-10-18(22)3/h6-16,28H,5H2,1-4H3. The summed E-state index contributed by atoms with van der Waals surface area (Å²) < 4.78 is 5.72. The van der Waals surface area contributed by atoms with Gasteiger partial charge in [-0.15, -0.1) is 0 Å².